The molecule has 0 spiro atoms. The molecule has 0 aliphatic carbocycles. The summed E-state index contributed by atoms with van der Waals surface area (Å²) in [5.41, 5.74) is 0. The van der Waals surface area contributed by atoms with Gasteiger partial charge in [0.25, 0.3) is 5.79 Å². The molecular weight excluding hydrogens is 1220 g/mol. The normalized spacial score (nSPS) is 27.9. The molecule has 14 N–H and O–H groups in total. The molecular formula is C71H132N2O21. The van der Waals surface area contributed by atoms with E-state index in [9.17, 15) is 75.7 Å². The molecule has 3 aliphatic heterocycles. The summed E-state index contributed by atoms with van der Waals surface area (Å²) < 4.78 is 34.8. The van der Waals surface area contributed by atoms with Gasteiger partial charge in [0.05, 0.1) is 50.7 Å². The van der Waals surface area contributed by atoms with Gasteiger partial charge in [-0.15, -0.1) is 0 Å². The summed E-state index contributed by atoms with van der Waals surface area (Å²) in [5, 5.41) is 136. The molecule has 552 valence electrons. The second kappa shape index (κ2) is 51.6. The lowest BCUT2D eigenvalue weighted by Crippen LogP contribution is -2.70. The zero-order valence-electron chi connectivity index (χ0n) is 57.8. The van der Waals surface area contributed by atoms with E-state index in [2.05, 4.69) is 24.5 Å². The molecule has 94 heavy (non-hydrogen) atoms. The van der Waals surface area contributed by atoms with Crippen molar-refractivity contribution in [3.05, 3.63) is 12.2 Å². The fraction of sp³-hybridized carbons (Fsp3) is 0.930. The molecule has 3 rings (SSSR count). The standard InChI is InChI=1S/C71H132N2O21/c1-4-6-8-10-12-14-16-18-20-22-24-25-26-27-28-30-32-34-36-38-40-42-44-53(78)52(73-58(81)45-43-41-39-37-35-33-31-29-23-21-19-17-15-13-11-9-7-5-2)50-89-68-63(85)62(84)65(57(49-76)91-68)92-69-64(86)67(61(83)56(48-75)90-69)94-71(70(87)88)46-54(79)59(72-51(3)77)66(93-71)60(82)55(80)47-74/h42,44,52-57,59-69,74-76,78-80,82-86H,4-41,43,45-50H2,1-3H3,(H,72,77)(H,73,81)(H,87,88)/b44-42+. The number of aliphatic hydroxyl groups excluding tert-OH is 11. The van der Waals surface area contributed by atoms with Gasteiger partial charge in [-0.05, 0) is 19.3 Å². The molecule has 18 atom stereocenters. The number of nitrogens with one attached hydrogen (secondary N) is 2. The highest BCUT2D eigenvalue weighted by molar-refractivity contribution is 5.77. The largest absolute Gasteiger partial charge is 0.477 e. The van der Waals surface area contributed by atoms with Crippen LogP contribution < -0.4 is 10.6 Å². The number of carbonyl (C=O) groups excluding carboxylic acids is 2. The lowest BCUT2D eigenvalue weighted by Gasteiger charge is -2.50. The van der Waals surface area contributed by atoms with E-state index in [-0.39, 0.29) is 12.3 Å². The van der Waals surface area contributed by atoms with Gasteiger partial charge < -0.3 is 100 Å². The smallest absolute Gasteiger partial charge is 0.364 e. The molecule has 3 heterocycles. The Morgan fingerprint density at radius 1 is 0.553 bits per heavy atom. The third-order valence-corrected chi connectivity index (χ3v) is 19.0. The number of hydrogen-bond donors (Lipinski definition) is 14. The first-order valence-electron chi connectivity index (χ1n) is 37.1. The molecule has 2 amide bonds. The van der Waals surface area contributed by atoms with Crippen molar-refractivity contribution >= 4 is 17.8 Å². The van der Waals surface area contributed by atoms with Crippen molar-refractivity contribution in [3.63, 3.8) is 0 Å². The third-order valence-electron chi connectivity index (χ3n) is 19.0. The first-order valence-corrected chi connectivity index (χ1v) is 37.1. The summed E-state index contributed by atoms with van der Waals surface area (Å²) in [6.45, 7) is 2.17. The van der Waals surface area contributed by atoms with Crippen molar-refractivity contribution < 1.29 is 104 Å². The minimum absolute atomic E-state index is 0.205. The maximum absolute atomic E-state index is 13.5. The fourth-order valence-corrected chi connectivity index (χ4v) is 13.1. The maximum atomic E-state index is 13.5. The van der Waals surface area contributed by atoms with Crippen LogP contribution in [-0.4, -0.2) is 215 Å². The van der Waals surface area contributed by atoms with Crippen molar-refractivity contribution in [1.29, 1.82) is 0 Å². The number of carbonyl (C=O) groups is 3. The topological polar surface area (TPSA) is 373 Å². The number of amides is 2. The van der Waals surface area contributed by atoms with Crippen LogP contribution in [0.3, 0.4) is 0 Å². The Bertz CT molecular complexity index is 1940. The average molecular weight is 1350 g/mol. The predicted molar refractivity (Wildman–Crippen MR) is 357 cm³/mol. The Balaban J connectivity index is 1.58. The van der Waals surface area contributed by atoms with Gasteiger partial charge in [0, 0.05) is 19.8 Å². The van der Waals surface area contributed by atoms with Crippen LogP contribution in [0.1, 0.15) is 284 Å². The monoisotopic (exact) mass is 1350 g/mol. The Morgan fingerprint density at radius 3 is 1.41 bits per heavy atom. The number of aliphatic carboxylic acids is 1. The van der Waals surface area contributed by atoms with Gasteiger partial charge >= 0.3 is 5.97 Å². The van der Waals surface area contributed by atoms with Crippen molar-refractivity contribution in [3.8, 4) is 0 Å². The molecule has 3 fully saturated rings. The highest BCUT2D eigenvalue weighted by atomic mass is 16.8. The number of carboxylic acids is 1. The molecule has 23 nitrogen and oxygen atoms in total. The molecule has 0 saturated carbocycles. The zero-order chi connectivity index (χ0) is 68.9. The third kappa shape index (κ3) is 33.1. The van der Waals surface area contributed by atoms with Crippen molar-refractivity contribution in [1.82, 2.24) is 10.6 Å². The van der Waals surface area contributed by atoms with Crippen LogP contribution in [0, 0.1) is 0 Å². The lowest BCUT2D eigenvalue weighted by atomic mass is 9.88. The van der Waals surface area contributed by atoms with Crippen LogP contribution in [0.25, 0.3) is 0 Å². The van der Waals surface area contributed by atoms with Crippen molar-refractivity contribution in [2.45, 2.75) is 394 Å². The van der Waals surface area contributed by atoms with Crippen molar-refractivity contribution in [2.75, 3.05) is 26.4 Å². The summed E-state index contributed by atoms with van der Waals surface area (Å²) in [6, 6.07) is -2.61. The maximum Gasteiger partial charge on any atom is 0.364 e. The summed E-state index contributed by atoms with van der Waals surface area (Å²) in [4.78, 5) is 38.6. The highest BCUT2D eigenvalue weighted by Crippen LogP contribution is 2.39. The van der Waals surface area contributed by atoms with Crippen LogP contribution in [0.15, 0.2) is 12.2 Å². The minimum atomic E-state index is -3.08. The van der Waals surface area contributed by atoms with Crippen molar-refractivity contribution in [2.24, 2.45) is 0 Å². The van der Waals surface area contributed by atoms with E-state index < -0.39 is 155 Å². The average Bonchev–Trinajstić information content (AvgIpc) is 0.761. The van der Waals surface area contributed by atoms with Crippen LogP contribution in [0.4, 0.5) is 0 Å². The van der Waals surface area contributed by atoms with Gasteiger partial charge in [0.15, 0.2) is 12.6 Å². The van der Waals surface area contributed by atoms with E-state index >= 15 is 0 Å². The van der Waals surface area contributed by atoms with Gasteiger partial charge in [-0.3, -0.25) is 9.59 Å². The number of allylic oxidation sites excluding steroid dienone is 1. The van der Waals surface area contributed by atoms with E-state index in [1.807, 2.05) is 6.08 Å². The quantitative estimate of drug-likeness (QED) is 0.0203. The Labute approximate surface area is 562 Å². The Hall–Kier alpha value is -2.53. The minimum Gasteiger partial charge on any atom is -0.477 e. The first kappa shape index (κ1) is 85.7. The van der Waals surface area contributed by atoms with Gasteiger partial charge in [-0.25, -0.2) is 4.79 Å². The number of ether oxygens (including phenoxy) is 6. The van der Waals surface area contributed by atoms with Gasteiger partial charge in [-0.1, -0.05) is 257 Å². The summed E-state index contributed by atoms with van der Waals surface area (Å²) in [6.07, 6.45) is 22.4. The number of rotatable bonds is 57. The van der Waals surface area contributed by atoms with E-state index in [1.165, 1.54) is 193 Å². The fourth-order valence-electron chi connectivity index (χ4n) is 13.1. The lowest BCUT2D eigenvalue weighted by molar-refractivity contribution is -0.386. The molecule has 23 heteroatoms. The van der Waals surface area contributed by atoms with Gasteiger partial charge in [0.1, 0.15) is 67.1 Å². The molecule has 0 radical (unpaired) electrons. The molecule has 0 aromatic carbocycles. The van der Waals surface area contributed by atoms with E-state index in [1.54, 1.807) is 6.08 Å². The molecule has 0 aromatic heterocycles. The van der Waals surface area contributed by atoms with Gasteiger partial charge in [0.2, 0.25) is 11.8 Å². The Kier molecular flexibility index (Phi) is 47.0. The van der Waals surface area contributed by atoms with Gasteiger partial charge in [-0.2, -0.15) is 0 Å². The molecule has 0 aromatic rings. The Morgan fingerprint density at radius 2 is 0.989 bits per heavy atom. The van der Waals surface area contributed by atoms with Crippen LogP contribution in [-0.2, 0) is 42.8 Å². The van der Waals surface area contributed by atoms with Crippen LogP contribution in [0.5, 0.6) is 0 Å². The highest BCUT2D eigenvalue weighted by Gasteiger charge is 2.60. The molecule has 0 bridgehead atoms. The number of carboxylic acid groups (broad SMARTS) is 1. The molecule has 3 saturated heterocycles. The van der Waals surface area contributed by atoms with Crippen LogP contribution >= 0.6 is 0 Å². The van der Waals surface area contributed by atoms with E-state index in [4.69, 9.17) is 28.4 Å². The van der Waals surface area contributed by atoms with E-state index in [0.29, 0.717) is 12.8 Å². The van der Waals surface area contributed by atoms with Crippen LogP contribution in [0.2, 0.25) is 0 Å². The zero-order valence-corrected chi connectivity index (χ0v) is 57.8. The summed E-state index contributed by atoms with van der Waals surface area (Å²) in [7, 11) is 0. The molecule has 18 unspecified atom stereocenters. The number of hydrogen-bond acceptors (Lipinski definition) is 20. The second-order valence-corrected chi connectivity index (χ2v) is 27.2. The summed E-state index contributed by atoms with van der Waals surface area (Å²) >= 11 is 0. The number of aliphatic hydroxyl groups is 11. The first-order chi connectivity index (χ1) is 45.4. The summed E-state index contributed by atoms with van der Waals surface area (Å²) in [5.74, 6) is -6.13. The van der Waals surface area contributed by atoms with E-state index in [0.717, 1.165) is 51.9 Å². The second-order valence-electron chi connectivity index (χ2n) is 27.2. The predicted octanol–water partition coefficient (Wildman–Crippen LogP) is 7.85. The molecule has 3 aliphatic rings. The number of unbranched alkanes of at least 4 members (excludes halogenated alkanes) is 37. The SMILES string of the molecule is CCCCCCCCCCCCCCCCCCCCCC/C=C/C(O)C(COC1OC(CO)C(OC2OC(CO)C(O)C(OC3(C(=O)O)CC(O)C(NC(C)=O)C(C(O)C(O)CO)O3)C2O)C(O)C1O)NC(=O)CCCCCCCCCCCCCCCCCCCC.